The predicted molar refractivity (Wildman–Crippen MR) is 123 cm³/mol. The van der Waals surface area contributed by atoms with Crippen LogP contribution in [0.5, 0.6) is 11.5 Å². The summed E-state index contributed by atoms with van der Waals surface area (Å²) in [6.45, 7) is 8.65. The molecule has 1 aliphatic rings. The van der Waals surface area contributed by atoms with E-state index in [0.29, 0.717) is 11.4 Å². The van der Waals surface area contributed by atoms with Crippen molar-refractivity contribution in [3.05, 3.63) is 66.4 Å². The van der Waals surface area contributed by atoms with Crippen molar-refractivity contribution < 1.29 is 9.53 Å². The molecule has 0 spiro atoms. The minimum absolute atomic E-state index is 0.0219. The zero-order valence-electron chi connectivity index (χ0n) is 18.5. The van der Waals surface area contributed by atoms with Gasteiger partial charge in [0.05, 0.1) is 0 Å². The van der Waals surface area contributed by atoms with E-state index in [4.69, 9.17) is 4.74 Å². The summed E-state index contributed by atoms with van der Waals surface area (Å²) in [5, 5.41) is 19.1. The maximum atomic E-state index is 12.6. The number of amides is 1. The van der Waals surface area contributed by atoms with Crippen LogP contribution in [-0.4, -0.2) is 23.0 Å². The number of benzene rings is 2. The number of rotatable bonds is 6. The standard InChI is InChI=1S/C25H30N4O2/c1-24(2)14-20(15-25(3,4)29-24)27-17-18(16-26)23(30)28-19-10-12-22(13-11-19)31-21-8-6-5-7-9-21/h5-13,17,20,27,29H,14-15H2,1-4H3,(H,28,30)/b18-17-. The van der Waals surface area contributed by atoms with E-state index < -0.39 is 5.91 Å². The zero-order chi connectivity index (χ0) is 22.5. The van der Waals surface area contributed by atoms with Gasteiger partial charge in [-0.25, -0.2) is 0 Å². The van der Waals surface area contributed by atoms with E-state index in [2.05, 4.69) is 43.6 Å². The molecule has 1 heterocycles. The van der Waals surface area contributed by atoms with Gasteiger partial charge in [0.2, 0.25) is 0 Å². The number of para-hydroxylation sites is 1. The molecule has 6 heteroatoms. The molecule has 0 aromatic heterocycles. The van der Waals surface area contributed by atoms with Crippen LogP contribution in [0, 0.1) is 11.3 Å². The summed E-state index contributed by atoms with van der Waals surface area (Å²) in [5.74, 6) is 0.960. The summed E-state index contributed by atoms with van der Waals surface area (Å²) in [7, 11) is 0. The molecule has 0 radical (unpaired) electrons. The second-order valence-electron chi connectivity index (χ2n) is 9.23. The maximum Gasteiger partial charge on any atom is 0.267 e. The van der Waals surface area contributed by atoms with Gasteiger partial charge in [-0.2, -0.15) is 5.26 Å². The highest BCUT2D eigenvalue weighted by atomic mass is 16.5. The minimum Gasteiger partial charge on any atom is -0.457 e. The smallest absolute Gasteiger partial charge is 0.267 e. The second kappa shape index (κ2) is 9.23. The molecule has 0 unspecified atom stereocenters. The molecule has 0 bridgehead atoms. The zero-order valence-corrected chi connectivity index (χ0v) is 18.5. The topological polar surface area (TPSA) is 86.2 Å². The number of hydrogen-bond donors (Lipinski definition) is 3. The van der Waals surface area contributed by atoms with Gasteiger partial charge in [0.15, 0.2) is 0 Å². The Balaban J connectivity index is 1.60. The third kappa shape index (κ3) is 6.59. The van der Waals surface area contributed by atoms with Crippen molar-refractivity contribution in [1.29, 1.82) is 5.26 Å². The lowest BCUT2D eigenvalue weighted by atomic mass is 9.80. The summed E-state index contributed by atoms with van der Waals surface area (Å²) in [4.78, 5) is 12.6. The summed E-state index contributed by atoms with van der Waals surface area (Å²) in [6.07, 6.45) is 3.33. The van der Waals surface area contributed by atoms with Gasteiger partial charge in [-0.15, -0.1) is 0 Å². The minimum atomic E-state index is -0.445. The fraction of sp³-hybridized carbons (Fsp3) is 0.360. The van der Waals surface area contributed by atoms with Crippen LogP contribution in [0.3, 0.4) is 0 Å². The maximum absolute atomic E-state index is 12.6. The Morgan fingerprint density at radius 3 is 2.19 bits per heavy atom. The quantitative estimate of drug-likeness (QED) is 0.467. The Morgan fingerprint density at radius 2 is 1.61 bits per heavy atom. The molecule has 3 rings (SSSR count). The molecule has 0 aliphatic carbocycles. The Morgan fingerprint density at radius 1 is 1.03 bits per heavy atom. The van der Waals surface area contributed by atoms with Crippen LogP contribution in [0.4, 0.5) is 5.69 Å². The van der Waals surface area contributed by atoms with Crippen LogP contribution < -0.4 is 20.7 Å². The van der Waals surface area contributed by atoms with E-state index in [1.165, 1.54) is 6.20 Å². The highest BCUT2D eigenvalue weighted by Gasteiger charge is 2.37. The first-order valence-electron chi connectivity index (χ1n) is 10.5. The van der Waals surface area contributed by atoms with Gasteiger partial charge in [0.25, 0.3) is 5.91 Å². The van der Waals surface area contributed by atoms with E-state index >= 15 is 0 Å². The monoisotopic (exact) mass is 418 g/mol. The number of hydrogen-bond acceptors (Lipinski definition) is 5. The molecular formula is C25H30N4O2. The second-order valence-corrected chi connectivity index (χ2v) is 9.23. The number of nitrogens with zero attached hydrogens (tertiary/aromatic N) is 1. The van der Waals surface area contributed by atoms with Crippen molar-refractivity contribution in [3.8, 4) is 17.6 Å². The molecule has 6 nitrogen and oxygen atoms in total. The van der Waals surface area contributed by atoms with Crippen molar-refractivity contribution in [2.75, 3.05) is 5.32 Å². The molecule has 1 saturated heterocycles. The third-order valence-corrected chi connectivity index (χ3v) is 5.11. The number of nitrogens with one attached hydrogen (secondary N) is 3. The van der Waals surface area contributed by atoms with Crippen LogP contribution in [0.2, 0.25) is 0 Å². The van der Waals surface area contributed by atoms with Crippen LogP contribution >= 0.6 is 0 Å². The molecule has 1 aliphatic heterocycles. The first-order valence-corrected chi connectivity index (χ1v) is 10.5. The molecule has 2 aromatic rings. The molecule has 0 atom stereocenters. The summed E-state index contributed by atoms with van der Waals surface area (Å²) >= 11 is 0. The number of anilines is 1. The summed E-state index contributed by atoms with van der Waals surface area (Å²) < 4.78 is 5.75. The molecule has 1 amide bonds. The van der Waals surface area contributed by atoms with E-state index in [0.717, 1.165) is 18.6 Å². The Kier molecular flexibility index (Phi) is 6.67. The van der Waals surface area contributed by atoms with Crippen LogP contribution in [0.15, 0.2) is 66.4 Å². The van der Waals surface area contributed by atoms with Crippen LogP contribution in [-0.2, 0) is 4.79 Å². The van der Waals surface area contributed by atoms with E-state index in [9.17, 15) is 10.1 Å². The fourth-order valence-electron chi connectivity index (χ4n) is 4.22. The molecule has 2 aromatic carbocycles. The van der Waals surface area contributed by atoms with Crippen molar-refractivity contribution in [2.24, 2.45) is 0 Å². The molecule has 1 fully saturated rings. The normalized spacial score (nSPS) is 18.0. The average molecular weight is 419 g/mol. The fourth-order valence-corrected chi connectivity index (χ4v) is 4.22. The molecular weight excluding hydrogens is 388 g/mol. The Hall–Kier alpha value is -3.30. The van der Waals surface area contributed by atoms with Gasteiger partial charge in [0.1, 0.15) is 23.1 Å². The number of nitriles is 1. The predicted octanol–water partition coefficient (Wildman–Crippen LogP) is 4.72. The summed E-state index contributed by atoms with van der Waals surface area (Å²) in [5.41, 5.74) is 0.590. The van der Waals surface area contributed by atoms with Gasteiger partial charge >= 0.3 is 0 Å². The molecule has 0 saturated carbocycles. The van der Waals surface area contributed by atoms with Gasteiger partial charge in [-0.1, -0.05) is 18.2 Å². The Bertz CT molecular complexity index is 957. The Labute approximate surface area is 184 Å². The molecule has 3 N–H and O–H groups in total. The van der Waals surface area contributed by atoms with E-state index in [1.54, 1.807) is 24.3 Å². The van der Waals surface area contributed by atoms with Gasteiger partial charge in [0, 0.05) is 29.0 Å². The lowest BCUT2D eigenvalue weighted by Gasteiger charge is -2.46. The van der Waals surface area contributed by atoms with Crippen molar-refractivity contribution in [2.45, 2.75) is 57.7 Å². The van der Waals surface area contributed by atoms with E-state index in [1.807, 2.05) is 36.4 Å². The summed E-state index contributed by atoms with van der Waals surface area (Å²) in [6, 6.07) is 18.7. The van der Waals surface area contributed by atoms with E-state index in [-0.39, 0.29) is 22.7 Å². The average Bonchev–Trinajstić information content (AvgIpc) is 2.68. The number of carbonyl (C=O) groups is 1. The highest BCUT2D eigenvalue weighted by molar-refractivity contribution is 6.06. The number of carbonyl (C=O) groups excluding carboxylic acids is 1. The van der Waals surface area contributed by atoms with Crippen molar-refractivity contribution in [1.82, 2.24) is 10.6 Å². The number of ether oxygens (including phenoxy) is 1. The first-order chi connectivity index (χ1) is 14.7. The molecule has 31 heavy (non-hydrogen) atoms. The largest absolute Gasteiger partial charge is 0.457 e. The van der Waals surface area contributed by atoms with Crippen molar-refractivity contribution in [3.63, 3.8) is 0 Å². The SMILES string of the molecule is CC1(C)CC(N/C=C(/C#N)C(=O)Nc2ccc(Oc3ccccc3)cc2)CC(C)(C)N1. The van der Waals surface area contributed by atoms with Crippen molar-refractivity contribution >= 4 is 11.6 Å². The number of piperidine rings is 1. The highest BCUT2D eigenvalue weighted by Crippen LogP contribution is 2.28. The van der Waals surface area contributed by atoms with Crippen LogP contribution in [0.1, 0.15) is 40.5 Å². The van der Waals surface area contributed by atoms with Crippen LogP contribution in [0.25, 0.3) is 0 Å². The lowest BCUT2D eigenvalue weighted by molar-refractivity contribution is -0.112. The van der Waals surface area contributed by atoms with Gasteiger partial charge < -0.3 is 20.7 Å². The lowest BCUT2D eigenvalue weighted by Crippen LogP contribution is -2.61. The van der Waals surface area contributed by atoms with Gasteiger partial charge in [-0.3, -0.25) is 4.79 Å². The first kappa shape index (κ1) is 22.4. The molecule has 162 valence electrons. The van der Waals surface area contributed by atoms with Gasteiger partial charge in [-0.05, 0) is 76.9 Å². The third-order valence-electron chi connectivity index (χ3n) is 5.11.